The molecule has 0 bridgehead atoms. The molecule has 0 aliphatic rings. The topological polar surface area (TPSA) is 50.4 Å². The molecule has 2 aromatic rings. The quantitative estimate of drug-likeness (QED) is 0.871. The van der Waals surface area contributed by atoms with Crippen LogP contribution in [0.5, 0.6) is 0 Å². The minimum Gasteiger partial charge on any atom is -0.475 e. The van der Waals surface area contributed by atoms with Crippen LogP contribution in [0.2, 0.25) is 0 Å². The van der Waals surface area contributed by atoms with Gasteiger partial charge in [0, 0.05) is 0 Å². The second-order valence-electron chi connectivity index (χ2n) is 3.93. The number of benzene rings is 1. The minimum absolute atomic E-state index is 0.0299. The van der Waals surface area contributed by atoms with E-state index in [0.717, 1.165) is 12.8 Å². The number of rotatable bonds is 5. The zero-order valence-corrected chi connectivity index (χ0v) is 9.87. The van der Waals surface area contributed by atoms with Gasteiger partial charge in [-0.05, 0) is 36.6 Å². The fourth-order valence-corrected chi connectivity index (χ4v) is 1.65. The number of carboxylic acids is 1. The first-order valence-corrected chi connectivity index (χ1v) is 5.79. The van der Waals surface area contributed by atoms with E-state index >= 15 is 0 Å². The molecule has 92 valence electrons. The van der Waals surface area contributed by atoms with E-state index in [1.54, 1.807) is 12.1 Å². The maximum absolute atomic E-state index is 10.6. The van der Waals surface area contributed by atoms with Crippen LogP contribution >= 0.6 is 0 Å². The smallest absolute Gasteiger partial charge is 0.371 e. The molecule has 3 nitrogen and oxygen atoms in total. The van der Waals surface area contributed by atoms with Gasteiger partial charge in [0.15, 0.2) is 0 Å². The molecule has 1 N–H and O–H groups in total. The molecule has 0 unspecified atom stereocenters. The van der Waals surface area contributed by atoms with E-state index in [2.05, 4.69) is 12.1 Å². The number of aryl methyl sites for hydroxylation is 1. The predicted molar refractivity (Wildman–Crippen MR) is 69.5 cm³/mol. The van der Waals surface area contributed by atoms with Crippen molar-refractivity contribution in [2.24, 2.45) is 0 Å². The molecular formula is C15H14O3. The summed E-state index contributed by atoms with van der Waals surface area (Å²) in [5.41, 5.74) is 1.29. The third kappa shape index (κ3) is 3.35. The Bertz CT molecular complexity index is 538. The molecule has 0 aliphatic heterocycles. The summed E-state index contributed by atoms with van der Waals surface area (Å²) in [7, 11) is 0. The molecule has 0 atom stereocenters. The number of hydrogen-bond donors (Lipinski definition) is 1. The Balaban J connectivity index is 1.86. The normalized spacial score (nSPS) is 10.9. The zero-order valence-electron chi connectivity index (χ0n) is 9.87. The summed E-state index contributed by atoms with van der Waals surface area (Å²) in [6.07, 6.45) is 5.64. The summed E-state index contributed by atoms with van der Waals surface area (Å²) >= 11 is 0. The van der Waals surface area contributed by atoms with Gasteiger partial charge in [0.1, 0.15) is 5.76 Å². The van der Waals surface area contributed by atoms with E-state index in [0.29, 0.717) is 5.76 Å². The average Bonchev–Trinajstić information content (AvgIpc) is 2.85. The van der Waals surface area contributed by atoms with Crippen LogP contribution in [0, 0.1) is 0 Å². The van der Waals surface area contributed by atoms with Crippen LogP contribution in [0.25, 0.3) is 6.08 Å². The van der Waals surface area contributed by atoms with Crippen molar-refractivity contribution < 1.29 is 14.3 Å². The summed E-state index contributed by atoms with van der Waals surface area (Å²) in [6.45, 7) is 0. The Labute approximate surface area is 105 Å². The third-order valence-electron chi connectivity index (χ3n) is 2.56. The summed E-state index contributed by atoms with van der Waals surface area (Å²) in [5, 5.41) is 8.70. The van der Waals surface area contributed by atoms with Gasteiger partial charge in [-0.1, -0.05) is 36.4 Å². The second-order valence-corrected chi connectivity index (χ2v) is 3.93. The number of aromatic carboxylic acids is 1. The van der Waals surface area contributed by atoms with Crippen molar-refractivity contribution >= 4 is 12.0 Å². The first-order valence-electron chi connectivity index (χ1n) is 5.79. The van der Waals surface area contributed by atoms with Gasteiger partial charge in [-0.25, -0.2) is 4.79 Å². The van der Waals surface area contributed by atoms with Crippen LogP contribution in [-0.2, 0) is 6.42 Å². The second kappa shape index (κ2) is 5.87. The lowest BCUT2D eigenvalue weighted by molar-refractivity contribution is 0.0662. The fourth-order valence-electron chi connectivity index (χ4n) is 1.65. The lowest BCUT2D eigenvalue weighted by Crippen LogP contribution is -1.91. The maximum Gasteiger partial charge on any atom is 0.371 e. The van der Waals surface area contributed by atoms with Crippen molar-refractivity contribution in [1.29, 1.82) is 0 Å². The van der Waals surface area contributed by atoms with Crippen LogP contribution < -0.4 is 0 Å². The average molecular weight is 242 g/mol. The van der Waals surface area contributed by atoms with Gasteiger partial charge in [-0.2, -0.15) is 0 Å². The van der Waals surface area contributed by atoms with Gasteiger partial charge in [0.25, 0.3) is 0 Å². The van der Waals surface area contributed by atoms with Crippen molar-refractivity contribution in [2.45, 2.75) is 12.8 Å². The van der Waals surface area contributed by atoms with E-state index < -0.39 is 5.97 Å². The summed E-state index contributed by atoms with van der Waals surface area (Å²) in [4.78, 5) is 10.6. The SMILES string of the molecule is O=C(O)c1ccc(C=CCCc2ccccc2)o1. The van der Waals surface area contributed by atoms with Crippen LogP contribution in [0.3, 0.4) is 0 Å². The Morgan fingerprint density at radius 3 is 2.61 bits per heavy atom. The van der Waals surface area contributed by atoms with E-state index in [4.69, 9.17) is 9.52 Å². The van der Waals surface area contributed by atoms with Crippen molar-refractivity contribution in [2.75, 3.05) is 0 Å². The monoisotopic (exact) mass is 242 g/mol. The van der Waals surface area contributed by atoms with E-state index in [1.165, 1.54) is 11.6 Å². The molecular weight excluding hydrogens is 228 g/mol. The van der Waals surface area contributed by atoms with Crippen LogP contribution in [0.15, 0.2) is 53.0 Å². The van der Waals surface area contributed by atoms with Crippen molar-refractivity contribution in [3.63, 3.8) is 0 Å². The summed E-state index contributed by atoms with van der Waals surface area (Å²) in [6, 6.07) is 13.3. The molecule has 3 heteroatoms. The number of hydrogen-bond acceptors (Lipinski definition) is 2. The summed E-state index contributed by atoms with van der Waals surface area (Å²) in [5.74, 6) is -0.503. The molecule has 0 radical (unpaired) electrons. The highest BCUT2D eigenvalue weighted by Crippen LogP contribution is 2.10. The zero-order chi connectivity index (χ0) is 12.8. The number of carbonyl (C=O) groups is 1. The molecule has 0 amide bonds. The Hall–Kier alpha value is -2.29. The number of allylic oxidation sites excluding steroid dienone is 1. The van der Waals surface area contributed by atoms with Gasteiger partial charge < -0.3 is 9.52 Å². The molecule has 1 aromatic carbocycles. The van der Waals surface area contributed by atoms with Gasteiger partial charge >= 0.3 is 5.97 Å². The first-order chi connectivity index (χ1) is 8.75. The van der Waals surface area contributed by atoms with Gasteiger partial charge in [0.05, 0.1) is 0 Å². The number of carboxylic acid groups (broad SMARTS) is 1. The van der Waals surface area contributed by atoms with Crippen molar-refractivity contribution in [3.8, 4) is 0 Å². The van der Waals surface area contributed by atoms with Gasteiger partial charge in [-0.3, -0.25) is 0 Å². The molecule has 2 rings (SSSR count). The molecule has 0 spiro atoms. The maximum atomic E-state index is 10.6. The first kappa shape index (κ1) is 12.2. The Kier molecular flexibility index (Phi) is 3.97. The number of furan rings is 1. The molecule has 1 heterocycles. The Morgan fingerprint density at radius 1 is 1.17 bits per heavy atom. The standard InChI is InChI=1S/C15H14O3/c16-15(17)14-11-10-13(18-14)9-5-4-8-12-6-2-1-3-7-12/h1-3,5-7,9-11H,4,8H2,(H,16,17). The highest BCUT2D eigenvalue weighted by molar-refractivity contribution is 5.84. The van der Waals surface area contributed by atoms with E-state index in [9.17, 15) is 4.79 Å². The minimum atomic E-state index is -1.04. The highest BCUT2D eigenvalue weighted by Gasteiger charge is 2.06. The van der Waals surface area contributed by atoms with Crippen molar-refractivity contribution in [1.82, 2.24) is 0 Å². The lowest BCUT2D eigenvalue weighted by Gasteiger charge is -1.95. The van der Waals surface area contributed by atoms with E-state index in [1.807, 2.05) is 24.3 Å². The highest BCUT2D eigenvalue weighted by atomic mass is 16.4. The summed E-state index contributed by atoms with van der Waals surface area (Å²) < 4.78 is 5.11. The van der Waals surface area contributed by atoms with Crippen LogP contribution in [0.1, 0.15) is 28.3 Å². The fraction of sp³-hybridized carbons (Fsp3) is 0.133. The van der Waals surface area contributed by atoms with E-state index in [-0.39, 0.29) is 5.76 Å². The molecule has 18 heavy (non-hydrogen) atoms. The molecule has 0 saturated carbocycles. The molecule has 1 aromatic heterocycles. The molecule has 0 saturated heterocycles. The lowest BCUT2D eigenvalue weighted by atomic mass is 10.1. The van der Waals surface area contributed by atoms with Crippen LogP contribution in [-0.4, -0.2) is 11.1 Å². The predicted octanol–water partition coefficient (Wildman–Crippen LogP) is 3.62. The van der Waals surface area contributed by atoms with Gasteiger partial charge in [0.2, 0.25) is 5.76 Å². The van der Waals surface area contributed by atoms with Crippen LogP contribution in [0.4, 0.5) is 0 Å². The molecule has 0 aliphatic carbocycles. The Morgan fingerprint density at radius 2 is 1.94 bits per heavy atom. The largest absolute Gasteiger partial charge is 0.475 e. The molecule has 0 fully saturated rings. The van der Waals surface area contributed by atoms with Crippen molar-refractivity contribution in [3.05, 3.63) is 65.6 Å². The van der Waals surface area contributed by atoms with Gasteiger partial charge in [-0.15, -0.1) is 0 Å². The third-order valence-corrected chi connectivity index (χ3v) is 2.56.